The van der Waals surface area contributed by atoms with Crippen LogP contribution in [0.3, 0.4) is 0 Å². The molecule has 0 spiro atoms. The number of hydrogen-bond donors (Lipinski definition) is 2. The van der Waals surface area contributed by atoms with E-state index in [1.807, 2.05) is 62.4 Å². The third-order valence-electron chi connectivity index (χ3n) is 4.21. The van der Waals surface area contributed by atoms with Crippen LogP contribution >= 0.6 is 11.8 Å². The molecular weight excluding hydrogens is 358 g/mol. The van der Waals surface area contributed by atoms with E-state index >= 15 is 0 Å². The fourth-order valence-corrected chi connectivity index (χ4v) is 3.46. The third-order valence-corrected chi connectivity index (χ3v) is 5.16. The van der Waals surface area contributed by atoms with Gasteiger partial charge in [0.2, 0.25) is 5.91 Å². The number of thioether (sulfide) groups is 1. The minimum Gasteiger partial charge on any atom is -0.326 e. The molecule has 0 fully saturated rings. The van der Waals surface area contributed by atoms with Gasteiger partial charge in [-0.1, -0.05) is 54.2 Å². The van der Waals surface area contributed by atoms with E-state index in [0.717, 1.165) is 22.4 Å². The first-order valence-corrected chi connectivity index (χ1v) is 9.63. The quantitative estimate of drug-likeness (QED) is 0.504. The highest BCUT2D eigenvalue weighted by molar-refractivity contribution is 7.98. The molecule has 0 radical (unpaired) electrons. The molecule has 0 saturated carbocycles. The zero-order chi connectivity index (χ0) is 19.2. The number of aromatic nitrogens is 2. The standard InChI is InChI=1S/C21H21N3O2S/c1-14-7-6-10-18(15(14)2)23-19(25)11-17-12-20(26)24-21(22-17)27-13-16-8-4-3-5-9-16/h3-10,12H,11,13H2,1-2H3,(H,23,25)(H,22,24,26). The Hall–Kier alpha value is -2.86. The summed E-state index contributed by atoms with van der Waals surface area (Å²) in [6.45, 7) is 3.97. The Morgan fingerprint density at radius 3 is 2.67 bits per heavy atom. The summed E-state index contributed by atoms with van der Waals surface area (Å²) < 4.78 is 0. The van der Waals surface area contributed by atoms with Crippen molar-refractivity contribution in [3.63, 3.8) is 0 Å². The van der Waals surface area contributed by atoms with Crippen LogP contribution in [0.4, 0.5) is 5.69 Å². The van der Waals surface area contributed by atoms with Crippen LogP contribution in [0, 0.1) is 13.8 Å². The number of aryl methyl sites for hydroxylation is 1. The summed E-state index contributed by atoms with van der Waals surface area (Å²) in [7, 11) is 0. The van der Waals surface area contributed by atoms with Gasteiger partial charge in [0, 0.05) is 17.5 Å². The predicted octanol–water partition coefficient (Wildman–Crippen LogP) is 3.86. The first-order valence-electron chi connectivity index (χ1n) is 8.64. The van der Waals surface area contributed by atoms with Crippen molar-refractivity contribution >= 4 is 23.4 Å². The fraction of sp³-hybridized carbons (Fsp3) is 0.190. The second-order valence-corrected chi connectivity index (χ2v) is 7.25. The van der Waals surface area contributed by atoms with Gasteiger partial charge in [0.15, 0.2) is 5.16 Å². The van der Waals surface area contributed by atoms with Crippen molar-refractivity contribution in [1.29, 1.82) is 0 Å². The van der Waals surface area contributed by atoms with E-state index in [2.05, 4.69) is 15.3 Å². The molecule has 5 nitrogen and oxygen atoms in total. The average molecular weight is 379 g/mol. The second kappa shape index (κ2) is 8.68. The van der Waals surface area contributed by atoms with Crippen LogP contribution in [-0.4, -0.2) is 15.9 Å². The summed E-state index contributed by atoms with van der Waals surface area (Å²) in [5.74, 6) is 0.503. The topological polar surface area (TPSA) is 74.8 Å². The van der Waals surface area contributed by atoms with Gasteiger partial charge in [-0.15, -0.1) is 0 Å². The van der Waals surface area contributed by atoms with Crippen LogP contribution in [0.25, 0.3) is 0 Å². The Balaban J connectivity index is 1.67. The van der Waals surface area contributed by atoms with Crippen LogP contribution in [0.15, 0.2) is 64.5 Å². The average Bonchev–Trinajstić information content (AvgIpc) is 2.64. The highest BCUT2D eigenvalue weighted by atomic mass is 32.2. The summed E-state index contributed by atoms with van der Waals surface area (Å²) in [6, 6.07) is 17.1. The molecule has 1 heterocycles. The zero-order valence-electron chi connectivity index (χ0n) is 15.3. The number of nitrogens with one attached hydrogen (secondary N) is 2. The van der Waals surface area contributed by atoms with Crippen LogP contribution in [0.1, 0.15) is 22.4 Å². The molecule has 1 aromatic heterocycles. The molecule has 0 unspecified atom stereocenters. The normalized spacial score (nSPS) is 10.6. The second-order valence-electron chi connectivity index (χ2n) is 6.29. The van der Waals surface area contributed by atoms with E-state index in [1.54, 1.807) is 0 Å². The minimum atomic E-state index is -0.255. The van der Waals surface area contributed by atoms with Gasteiger partial charge in [-0.2, -0.15) is 0 Å². The number of aromatic amines is 1. The summed E-state index contributed by atoms with van der Waals surface area (Å²) in [4.78, 5) is 31.4. The van der Waals surface area contributed by atoms with E-state index in [9.17, 15) is 9.59 Å². The maximum absolute atomic E-state index is 12.4. The van der Waals surface area contributed by atoms with Crippen LogP contribution in [0.2, 0.25) is 0 Å². The van der Waals surface area contributed by atoms with Gasteiger partial charge in [-0.05, 0) is 36.6 Å². The molecular formula is C21H21N3O2S. The van der Waals surface area contributed by atoms with Crippen molar-refractivity contribution in [2.75, 3.05) is 5.32 Å². The van der Waals surface area contributed by atoms with Gasteiger partial charge in [0.05, 0.1) is 12.1 Å². The molecule has 2 aromatic carbocycles. The SMILES string of the molecule is Cc1cccc(NC(=O)Cc2cc(=O)[nH]c(SCc3ccccc3)n2)c1C. The lowest BCUT2D eigenvalue weighted by atomic mass is 10.1. The van der Waals surface area contributed by atoms with E-state index in [-0.39, 0.29) is 17.9 Å². The molecule has 3 rings (SSSR count). The number of hydrogen-bond acceptors (Lipinski definition) is 4. The van der Waals surface area contributed by atoms with Crippen molar-refractivity contribution in [3.05, 3.63) is 87.3 Å². The van der Waals surface area contributed by atoms with E-state index in [4.69, 9.17) is 0 Å². The first kappa shape index (κ1) is 18.9. The van der Waals surface area contributed by atoms with E-state index in [1.165, 1.54) is 17.8 Å². The van der Waals surface area contributed by atoms with Crippen LogP contribution in [0.5, 0.6) is 0 Å². The molecule has 27 heavy (non-hydrogen) atoms. The minimum absolute atomic E-state index is 0.0518. The number of anilines is 1. The summed E-state index contributed by atoms with van der Waals surface area (Å²) >= 11 is 1.44. The van der Waals surface area contributed by atoms with Crippen molar-refractivity contribution in [3.8, 4) is 0 Å². The van der Waals surface area contributed by atoms with Crippen LogP contribution < -0.4 is 10.9 Å². The Labute approximate surface area is 162 Å². The molecule has 0 atom stereocenters. The summed E-state index contributed by atoms with van der Waals surface area (Å²) in [5.41, 5.74) is 4.27. The monoisotopic (exact) mass is 379 g/mol. The maximum atomic E-state index is 12.4. The van der Waals surface area contributed by atoms with E-state index in [0.29, 0.717) is 16.6 Å². The molecule has 2 N–H and O–H groups in total. The summed E-state index contributed by atoms with van der Waals surface area (Å²) in [5, 5.41) is 3.41. The van der Waals surface area contributed by atoms with Gasteiger partial charge in [0.25, 0.3) is 5.56 Å². The first-order chi connectivity index (χ1) is 13.0. The maximum Gasteiger partial charge on any atom is 0.251 e. The van der Waals surface area contributed by atoms with Crippen molar-refractivity contribution in [2.45, 2.75) is 31.2 Å². The lowest BCUT2D eigenvalue weighted by Gasteiger charge is -2.10. The number of amides is 1. The smallest absolute Gasteiger partial charge is 0.251 e. The van der Waals surface area contributed by atoms with Gasteiger partial charge in [0.1, 0.15) is 0 Å². The number of nitrogens with zero attached hydrogens (tertiary/aromatic N) is 1. The Bertz CT molecular complexity index is 1000. The molecule has 0 saturated heterocycles. The molecule has 0 aliphatic rings. The lowest BCUT2D eigenvalue weighted by molar-refractivity contribution is -0.115. The molecule has 138 valence electrons. The van der Waals surface area contributed by atoms with Gasteiger partial charge in [-0.3, -0.25) is 9.59 Å². The third kappa shape index (κ3) is 5.31. The number of H-pyrrole nitrogens is 1. The highest BCUT2D eigenvalue weighted by Crippen LogP contribution is 2.19. The van der Waals surface area contributed by atoms with Crippen molar-refractivity contribution < 1.29 is 4.79 Å². The number of carbonyl (C=O) groups is 1. The largest absolute Gasteiger partial charge is 0.326 e. The van der Waals surface area contributed by atoms with Crippen molar-refractivity contribution in [1.82, 2.24) is 9.97 Å². The Kier molecular flexibility index (Phi) is 6.08. The number of carbonyl (C=O) groups excluding carboxylic acids is 1. The number of rotatable bonds is 6. The number of benzene rings is 2. The van der Waals surface area contributed by atoms with Gasteiger partial charge in [-0.25, -0.2) is 4.98 Å². The predicted molar refractivity (Wildman–Crippen MR) is 109 cm³/mol. The molecule has 0 aliphatic carbocycles. The van der Waals surface area contributed by atoms with Crippen LogP contribution in [-0.2, 0) is 17.0 Å². The fourth-order valence-electron chi connectivity index (χ4n) is 2.61. The lowest BCUT2D eigenvalue weighted by Crippen LogP contribution is -2.18. The van der Waals surface area contributed by atoms with E-state index < -0.39 is 0 Å². The Morgan fingerprint density at radius 1 is 1.11 bits per heavy atom. The summed E-state index contributed by atoms with van der Waals surface area (Å²) in [6.07, 6.45) is 0.0518. The highest BCUT2D eigenvalue weighted by Gasteiger charge is 2.10. The van der Waals surface area contributed by atoms with Gasteiger partial charge >= 0.3 is 0 Å². The Morgan fingerprint density at radius 2 is 1.89 bits per heavy atom. The molecule has 0 bridgehead atoms. The molecule has 0 aliphatic heterocycles. The molecule has 1 amide bonds. The van der Waals surface area contributed by atoms with Gasteiger partial charge < -0.3 is 10.3 Å². The zero-order valence-corrected chi connectivity index (χ0v) is 16.1. The molecule has 3 aromatic rings. The van der Waals surface area contributed by atoms with Crippen molar-refractivity contribution in [2.24, 2.45) is 0 Å². The molecule has 6 heteroatoms.